The number of aliphatic hydroxyl groups is 7. The fourth-order valence-electron chi connectivity index (χ4n) is 6.99. The molecule has 4 heterocycles. The maximum Gasteiger partial charge on any atom is 0.187 e. The van der Waals surface area contributed by atoms with E-state index in [-0.39, 0.29) is 13.2 Å². The van der Waals surface area contributed by atoms with Crippen LogP contribution in [0.4, 0.5) is 0 Å². The van der Waals surface area contributed by atoms with Gasteiger partial charge in [0, 0.05) is 49.8 Å². The third kappa shape index (κ3) is 9.23. The van der Waals surface area contributed by atoms with Crippen LogP contribution in [0.1, 0.15) is 0 Å². The number of ether oxygens (including phenoxy) is 14. The molecule has 0 radical (unpaired) electrons. The molecule has 0 saturated carbocycles. The van der Waals surface area contributed by atoms with Crippen molar-refractivity contribution in [3.05, 3.63) is 0 Å². The molecule has 21 nitrogen and oxygen atoms in total. The van der Waals surface area contributed by atoms with Crippen LogP contribution < -0.4 is 0 Å². The molecule has 4 rings (SSSR count). The molecular formula is C31H56O21. The maximum absolute atomic E-state index is 11.2. The van der Waals surface area contributed by atoms with E-state index in [4.69, 9.17) is 66.3 Å². The van der Waals surface area contributed by atoms with Gasteiger partial charge in [-0.3, -0.25) is 0 Å². The van der Waals surface area contributed by atoms with Gasteiger partial charge in [-0.2, -0.15) is 0 Å². The average molecular weight is 765 g/mol. The smallest absolute Gasteiger partial charge is 0.187 e. The van der Waals surface area contributed by atoms with E-state index in [1.807, 2.05) is 0 Å². The third-order valence-corrected chi connectivity index (χ3v) is 9.71. The Morgan fingerprint density at radius 1 is 0.365 bits per heavy atom. The quantitative estimate of drug-likeness (QED) is 0.0730. The summed E-state index contributed by atoms with van der Waals surface area (Å²) < 4.78 is 81.5. The molecular weight excluding hydrogens is 708 g/mol. The molecule has 0 spiro atoms. The van der Waals surface area contributed by atoms with Crippen molar-refractivity contribution in [2.24, 2.45) is 0 Å². The van der Waals surface area contributed by atoms with Gasteiger partial charge in [0.1, 0.15) is 97.7 Å². The Morgan fingerprint density at radius 3 is 1.23 bits per heavy atom. The van der Waals surface area contributed by atoms with E-state index in [1.54, 1.807) is 0 Å². The first kappa shape index (κ1) is 43.9. The fourth-order valence-corrected chi connectivity index (χ4v) is 6.99. The summed E-state index contributed by atoms with van der Waals surface area (Å²) in [4.78, 5) is 0. The normalized spacial score (nSPS) is 47.4. The topological polar surface area (TPSA) is 271 Å². The molecule has 0 aromatic heterocycles. The van der Waals surface area contributed by atoms with Crippen LogP contribution in [0.15, 0.2) is 0 Å². The highest BCUT2D eigenvalue weighted by Gasteiger charge is 2.56. The first-order valence-corrected chi connectivity index (χ1v) is 16.8. The highest BCUT2D eigenvalue weighted by Crippen LogP contribution is 2.36. The van der Waals surface area contributed by atoms with Gasteiger partial charge in [0.15, 0.2) is 25.2 Å². The van der Waals surface area contributed by atoms with Crippen LogP contribution in [0.3, 0.4) is 0 Å². The van der Waals surface area contributed by atoms with Crippen molar-refractivity contribution in [2.45, 2.75) is 123 Å². The maximum atomic E-state index is 11.2. The fraction of sp³-hybridized carbons (Fsp3) is 1.00. The van der Waals surface area contributed by atoms with Gasteiger partial charge in [0.2, 0.25) is 0 Å². The molecule has 4 aliphatic heterocycles. The van der Waals surface area contributed by atoms with Gasteiger partial charge in [0.05, 0.1) is 26.4 Å². The molecule has 7 N–H and O–H groups in total. The van der Waals surface area contributed by atoms with Crippen molar-refractivity contribution in [3.8, 4) is 0 Å². The van der Waals surface area contributed by atoms with Crippen LogP contribution >= 0.6 is 0 Å². The Labute approximate surface area is 301 Å². The molecule has 0 bridgehead atoms. The van der Waals surface area contributed by atoms with E-state index in [1.165, 1.54) is 49.8 Å². The summed E-state index contributed by atoms with van der Waals surface area (Å²) in [6.07, 6.45) is -25.4. The number of hydrogen-bond acceptors (Lipinski definition) is 21. The van der Waals surface area contributed by atoms with Crippen molar-refractivity contribution < 1.29 is 102 Å². The Hall–Kier alpha value is -0.840. The van der Waals surface area contributed by atoms with E-state index in [2.05, 4.69) is 0 Å². The minimum atomic E-state index is -1.83. The highest BCUT2D eigenvalue weighted by molar-refractivity contribution is 4.99. The lowest BCUT2D eigenvalue weighted by Gasteiger charge is -2.50. The van der Waals surface area contributed by atoms with Crippen molar-refractivity contribution in [1.29, 1.82) is 0 Å². The summed E-state index contributed by atoms with van der Waals surface area (Å²) >= 11 is 0. The van der Waals surface area contributed by atoms with Gasteiger partial charge in [-0.05, 0) is 0 Å². The van der Waals surface area contributed by atoms with Crippen molar-refractivity contribution in [3.63, 3.8) is 0 Å². The Morgan fingerprint density at radius 2 is 0.769 bits per heavy atom. The number of aliphatic hydroxyl groups excluding tert-OH is 7. The first-order valence-electron chi connectivity index (χ1n) is 16.8. The Kier molecular flexibility index (Phi) is 17.2. The second-order valence-corrected chi connectivity index (χ2v) is 12.7. The molecule has 306 valence electrons. The summed E-state index contributed by atoms with van der Waals surface area (Å²) in [6.45, 7) is -1.48. The summed E-state index contributed by atoms with van der Waals surface area (Å²) in [5.41, 5.74) is 0. The summed E-state index contributed by atoms with van der Waals surface area (Å²) in [7, 11) is 10.2. The Bertz CT molecular complexity index is 1030. The molecule has 4 fully saturated rings. The van der Waals surface area contributed by atoms with Gasteiger partial charge >= 0.3 is 0 Å². The van der Waals surface area contributed by atoms with Crippen LogP contribution in [-0.2, 0) is 66.3 Å². The lowest BCUT2D eigenvalue weighted by atomic mass is 9.95. The van der Waals surface area contributed by atoms with Crippen molar-refractivity contribution >= 4 is 0 Å². The molecule has 21 heteroatoms. The van der Waals surface area contributed by atoms with Crippen LogP contribution in [-0.4, -0.2) is 235 Å². The van der Waals surface area contributed by atoms with E-state index in [0.717, 1.165) is 0 Å². The second kappa shape index (κ2) is 20.4. The molecule has 0 amide bonds. The van der Waals surface area contributed by atoms with Gasteiger partial charge in [-0.1, -0.05) is 0 Å². The predicted molar refractivity (Wildman–Crippen MR) is 167 cm³/mol. The zero-order chi connectivity index (χ0) is 38.3. The Balaban J connectivity index is 1.54. The molecule has 4 aliphatic rings. The lowest BCUT2D eigenvalue weighted by molar-refractivity contribution is -0.391. The molecule has 0 aliphatic carbocycles. The van der Waals surface area contributed by atoms with E-state index in [0.29, 0.717) is 0 Å². The van der Waals surface area contributed by atoms with E-state index in [9.17, 15) is 35.7 Å². The van der Waals surface area contributed by atoms with Crippen LogP contribution in [0, 0.1) is 0 Å². The predicted octanol–water partition coefficient (Wildman–Crippen LogP) is -5.17. The standard InChI is InChI=1S/C31H56O21/c1-39-10-14-23(24(41-3)26(43-5)30(45-7)48-14)52-31-27(44-6)25(42-4)22(15(49-31)11-40-2)51-29-20(38)18(36)21(13(9-33)47-29)50-28-19(37)17(35)16(34)12(8-32)46-28/h12-38H,8-11H2,1-7H3/t12-,13+,14-,15-,16-,17+,18+,19-,20+,21+,22-,23-,24+,25+,26-,27-,28+,29-,30?,31+/m1/s1. The molecule has 0 aromatic carbocycles. The van der Waals surface area contributed by atoms with Crippen LogP contribution in [0.25, 0.3) is 0 Å². The van der Waals surface area contributed by atoms with E-state index < -0.39 is 136 Å². The van der Waals surface area contributed by atoms with Crippen molar-refractivity contribution in [2.75, 3.05) is 76.2 Å². The average Bonchev–Trinajstić information content (AvgIpc) is 3.15. The van der Waals surface area contributed by atoms with E-state index >= 15 is 0 Å². The largest absolute Gasteiger partial charge is 0.394 e. The minimum absolute atomic E-state index is 0.0821. The summed E-state index contributed by atoms with van der Waals surface area (Å²) in [6, 6.07) is 0. The zero-order valence-electron chi connectivity index (χ0n) is 30.2. The lowest BCUT2D eigenvalue weighted by Crippen LogP contribution is -2.68. The van der Waals surface area contributed by atoms with Crippen molar-refractivity contribution in [1.82, 2.24) is 0 Å². The van der Waals surface area contributed by atoms with Gasteiger partial charge < -0.3 is 102 Å². The first-order chi connectivity index (χ1) is 25.0. The number of hydrogen-bond donors (Lipinski definition) is 7. The molecule has 4 saturated heterocycles. The number of rotatable bonds is 17. The monoisotopic (exact) mass is 764 g/mol. The number of methoxy groups -OCH3 is 7. The molecule has 0 aromatic rings. The third-order valence-electron chi connectivity index (χ3n) is 9.71. The summed E-state index contributed by atoms with van der Waals surface area (Å²) in [5.74, 6) is 0. The van der Waals surface area contributed by atoms with Gasteiger partial charge in [-0.25, -0.2) is 0 Å². The second-order valence-electron chi connectivity index (χ2n) is 12.7. The van der Waals surface area contributed by atoms with Gasteiger partial charge in [-0.15, -0.1) is 0 Å². The molecule has 52 heavy (non-hydrogen) atoms. The summed E-state index contributed by atoms with van der Waals surface area (Å²) in [5, 5.41) is 72.9. The SMILES string of the molecule is COC[C@H]1O[C@@H](O[C@H]2[C@H](OC)[C@@H](OC)C(OC)O[C@@H]2COC)[C@H](OC)[C@@H](OC)[C@@H]1O[C@H]1O[C@@H](CO)[C@H](O[C@@H]2O[C@H](CO)[C@@H](O)[C@H](O)[C@H]2O)[C@@H](O)[C@@H]1O. The minimum Gasteiger partial charge on any atom is -0.394 e. The van der Waals surface area contributed by atoms with Gasteiger partial charge in [0.25, 0.3) is 0 Å². The molecule has 20 atom stereocenters. The zero-order valence-corrected chi connectivity index (χ0v) is 30.2. The van der Waals surface area contributed by atoms with Crippen LogP contribution in [0.2, 0.25) is 0 Å². The molecule has 1 unspecified atom stereocenters. The van der Waals surface area contributed by atoms with Crippen LogP contribution in [0.5, 0.6) is 0 Å². The highest BCUT2D eigenvalue weighted by atomic mass is 16.8.